The second-order valence-corrected chi connectivity index (χ2v) is 32.5. The van der Waals surface area contributed by atoms with Gasteiger partial charge in [0.15, 0.2) is 44.7 Å². The van der Waals surface area contributed by atoms with Crippen molar-refractivity contribution < 1.29 is 218 Å². The van der Waals surface area contributed by atoms with Crippen LogP contribution < -0.4 is 28.4 Å². The Morgan fingerprint density at radius 3 is 1.09 bits per heavy atom. The van der Waals surface area contributed by atoms with Gasteiger partial charge in [-0.1, -0.05) is 62.1 Å². The van der Waals surface area contributed by atoms with Gasteiger partial charge in [0.1, 0.15) is 42.8 Å². The number of alkyl halides is 35. The zero-order valence-electron chi connectivity index (χ0n) is 75.6. The second kappa shape index (κ2) is 67.5. The summed E-state index contributed by atoms with van der Waals surface area (Å²) in [6.07, 6.45) is -24.1. The monoisotopic (exact) mass is 2400 g/mol. The molecule has 0 bridgehead atoms. The fraction of sp³-hybridized carbons (Fsp3) is 0.443. The highest BCUT2D eigenvalue weighted by Crippen LogP contribution is 2.33. The quantitative estimate of drug-likeness (QED) is 0.0145. The number of halogens is 35. The van der Waals surface area contributed by atoms with Crippen LogP contribution in [0.5, 0.6) is 32.4 Å². The van der Waals surface area contributed by atoms with Crippen molar-refractivity contribution in [2.75, 3.05) is 73.7 Å². The zero-order chi connectivity index (χ0) is 113. The Labute approximate surface area is 859 Å². The standard InChI is InChI=1S/C10H10F3NO3.C9H9ClF3NO.C9H10F3NO2.C7H6BrF3OS.C7H6ClF3N2O.C7H7F3N2O2.C7H6F3NO3S.C6H5ClF3NOS.C6H6F3NO2S.C6H8F2N2O.C5H6F2N2/c1-16-9(15)7-2-3-8(14-4-7)5-17-6-10(11,12)13;10-3-7-1-2-8(14-4-7)5-15-6-9(11,12)13;10-9(11,12)6-15-5-8-2-1-7(4-14)3-13-8;8-3-5-1-2-6(13-5)12-4-7(9,10)11;8-1-5-2-13-6(3-12-5)14-4-7(9,10)11;8-7(9,10)4-14-6-2-11-5(3-13)1-12-6;1-13-5(12)4-2-11-6(15-4)14-3-7(8,9)10;7-1-4-2-11-5(13-4)12-3-6(8,9)10;7-6(8,9)3-12-5-10-1-4(2-11)13-5;1-6(7,8)5-2-3-10(4-11)9-5;1-5(6,7)4-2-3-8-9-4/h2-4H,5-6H2,1H3;1-2,4H,3,5-6H2;1-3,14H,4-6H2;1-2H,3-4H2;2-3H,1,4H2;1-2,13H,3-4H2;2H,3H2,1H3;2H,1,3H2;1,11H,2-3H2;2-3,11H,4H2,1H3;2-3H,1H3,(H,8,9). The number of methoxy groups -OCH3 is 2. The number of thiophene rings is 1. The number of carbonyl (C=O) groups is 2. The van der Waals surface area contributed by atoms with Gasteiger partial charge in [-0.2, -0.15) is 146 Å². The number of rotatable bonds is 33. The van der Waals surface area contributed by atoms with Crippen LogP contribution >= 0.6 is 96.1 Å². The summed E-state index contributed by atoms with van der Waals surface area (Å²) >= 11 is 23.3. The second-order valence-electron chi connectivity index (χ2n) is 26.8. The molecule has 0 saturated carbocycles. The van der Waals surface area contributed by atoms with Crippen molar-refractivity contribution in [1.82, 2.24) is 69.8 Å². The minimum absolute atomic E-state index is 0.00650. The van der Waals surface area contributed by atoms with E-state index in [1.54, 1.807) is 24.3 Å². The summed E-state index contributed by atoms with van der Waals surface area (Å²) in [5, 5.41) is 43.9. The fourth-order valence-corrected chi connectivity index (χ4v) is 11.4. The number of nitrogens with zero attached hydrogens (tertiary/aromatic N) is 13. The molecule has 0 amide bonds. The normalized spacial score (nSPS) is 11.6. The number of pyridine rings is 3. The van der Waals surface area contributed by atoms with E-state index in [4.69, 9.17) is 55.2 Å². The van der Waals surface area contributed by atoms with E-state index in [1.807, 2.05) is 0 Å². The molecule has 0 aliphatic carbocycles. The topological polar surface area (TPSA) is 392 Å². The van der Waals surface area contributed by atoms with Crippen LogP contribution in [0.3, 0.4) is 0 Å². The lowest BCUT2D eigenvalue weighted by Gasteiger charge is -2.07. The lowest BCUT2D eigenvalue weighted by atomic mass is 10.2. The van der Waals surface area contributed by atoms with Crippen molar-refractivity contribution in [3.63, 3.8) is 0 Å². The molecule has 0 aliphatic rings. The first-order valence-corrected chi connectivity index (χ1v) is 45.2. The van der Waals surface area contributed by atoms with Gasteiger partial charge in [0.25, 0.3) is 27.4 Å². The number of aliphatic hydroxyl groups excluding tert-OH is 4. The van der Waals surface area contributed by atoms with Gasteiger partial charge in [0.05, 0.1) is 136 Å². The SMILES string of the molecule is CC(F)(F)c1ccn(CO)n1.CC(F)(F)c1ccn[nH]1.COC(=O)c1ccc(COCC(F)(F)F)nc1.COC(=O)c1cnc(OCC(F)(F)F)s1.FC(F)(F)COCc1ccc(CCl)cn1.FC(F)(F)COc1ccc(CBr)s1.FC(F)(F)COc1cnc(CCl)cn1.FC(F)(F)COc1ncc(CCl)s1.OCc1ccc(COCC(F)(F)F)nc1.OCc1cnc(OCC(F)(F)F)cn1.OCc1cnc(OCC(F)(F)F)s1. The number of nitrogens with one attached hydrogen (secondary N) is 1. The van der Waals surface area contributed by atoms with E-state index in [1.165, 1.54) is 104 Å². The maximum atomic E-state index is 12.4. The summed E-state index contributed by atoms with van der Waals surface area (Å²) < 4.78 is 414. The van der Waals surface area contributed by atoms with Crippen molar-refractivity contribution in [3.8, 4) is 32.4 Å². The molecule has 70 heteroatoms. The van der Waals surface area contributed by atoms with Crippen LogP contribution in [0.25, 0.3) is 0 Å². The van der Waals surface area contributed by atoms with Crippen LogP contribution in [0.2, 0.25) is 0 Å². The molecule has 0 spiro atoms. The van der Waals surface area contributed by atoms with Gasteiger partial charge in [-0.25, -0.2) is 39.2 Å². The van der Waals surface area contributed by atoms with E-state index in [0.717, 1.165) is 83.5 Å². The maximum Gasteiger partial charge on any atom is 0.422 e. The Balaban J connectivity index is 0.000000822. The Morgan fingerprint density at radius 1 is 0.369 bits per heavy atom. The Kier molecular flexibility index (Phi) is 61.8. The Bertz CT molecular complexity index is 5170. The summed E-state index contributed by atoms with van der Waals surface area (Å²) in [6, 6.07) is 14.9. The van der Waals surface area contributed by atoms with Gasteiger partial charge in [-0.3, -0.25) is 30.0 Å². The number of carbonyl (C=O) groups excluding carboxylic acids is 2. The average molecular weight is 2400 g/mol. The molecule has 0 aromatic carbocycles. The predicted molar refractivity (Wildman–Crippen MR) is 468 cm³/mol. The molecule has 0 unspecified atom stereocenters. The number of hydrogen-bond donors (Lipinski definition) is 5. The highest BCUT2D eigenvalue weighted by atomic mass is 79.9. The van der Waals surface area contributed by atoms with Crippen molar-refractivity contribution in [1.29, 1.82) is 0 Å². The number of H-pyrrole nitrogens is 1. The van der Waals surface area contributed by atoms with E-state index in [2.05, 4.69) is 133 Å². The van der Waals surface area contributed by atoms with Crippen molar-refractivity contribution in [2.45, 2.75) is 151 Å². The number of ether oxygens (including phenoxy) is 11. The lowest BCUT2D eigenvalue weighted by molar-refractivity contribution is -0.177. The number of esters is 2. The van der Waals surface area contributed by atoms with Gasteiger partial charge in [-0.15, -0.1) is 46.1 Å². The Morgan fingerprint density at radius 2 is 0.779 bits per heavy atom. The molecule has 11 aromatic rings. The first kappa shape index (κ1) is 136. The van der Waals surface area contributed by atoms with Crippen molar-refractivity contribution >= 4 is 108 Å². The van der Waals surface area contributed by atoms with Gasteiger partial charge in [0, 0.05) is 78.2 Å². The van der Waals surface area contributed by atoms with E-state index in [0.29, 0.717) is 65.7 Å². The first-order chi connectivity index (χ1) is 69.1. The van der Waals surface area contributed by atoms with Crippen molar-refractivity contribution in [2.24, 2.45) is 0 Å². The number of thiazole rings is 3. The van der Waals surface area contributed by atoms with Gasteiger partial charge < -0.3 is 72.5 Å². The molecular formula is C79H79BrCl3F31N14O17S4. The van der Waals surface area contributed by atoms with Crippen LogP contribution in [0, 0.1) is 0 Å². The number of aromatic amines is 1. The van der Waals surface area contributed by atoms with Gasteiger partial charge in [0.2, 0.25) is 11.8 Å². The number of aliphatic hydroxyl groups is 4. The molecule has 0 aliphatic heterocycles. The van der Waals surface area contributed by atoms with Crippen LogP contribution in [0.1, 0.15) is 99.5 Å². The minimum Gasteiger partial charge on any atom is -0.475 e. The van der Waals surface area contributed by atoms with E-state index < -0.39 is 139 Å². The number of hydrogen-bond acceptors (Lipinski definition) is 33. The molecule has 31 nitrogen and oxygen atoms in total. The average Bonchev–Trinajstić information content (AvgIpc) is 1.75. The van der Waals surface area contributed by atoms with Crippen LogP contribution in [-0.2, 0) is 105 Å². The molecule has 0 fully saturated rings. The fourth-order valence-electron chi connectivity index (χ4n) is 7.75. The predicted octanol–water partition coefficient (Wildman–Crippen LogP) is 21.9. The third kappa shape index (κ3) is 70.9. The zero-order valence-corrected chi connectivity index (χ0v) is 82.7. The van der Waals surface area contributed by atoms with E-state index in [-0.39, 0.29) is 113 Å². The summed E-state index contributed by atoms with van der Waals surface area (Å²) in [7, 11) is 2.39. The first-order valence-electron chi connectivity index (χ1n) is 39.2. The van der Waals surface area contributed by atoms with E-state index in [9.17, 15) is 146 Å². The Hall–Kier alpha value is -10.7. The molecular weight excluding hydrogens is 2320 g/mol. The molecule has 11 aromatic heterocycles. The largest absolute Gasteiger partial charge is 0.475 e. The smallest absolute Gasteiger partial charge is 0.422 e. The van der Waals surface area contributed by atoms with Gasteiger partial charge >= 0.3 is 67.5 Å². The molecule has 0 radical (unpaired) electrons. The minimum atomic E-state index is -4.42. The van der Waals surface area contributed by atoms with Crippen molar-refractivity contribution in [3.05, 3.63) is 211 Å². The molecule has 11 heterocycles. The molecule has 11 rings (SSSR count). The molecule has 836 valence electrons. The highest BCUT2D eigenvalue weighted by Gasteiger charge is 2.36. The summed E-state index contributed by atoms with van der Waals surface area (Å²) in [5.41, 5.74) is 3.08. The maximum absolute atomic E-state index is 12.4. The van der Waals surface area contributed by atoms with Crippen LogP contribution in [-0.4, -0.2) is 231 Å². The highest BCUT2D eigenvalue weighted by molar-refractivity contribution is 9.08. The summed E-state index contributed by atoms with van der Waals surface area (Å²) in [4.78, 5) is 60.6. The third-order valence-corrected chi connectivity index (χ3v) is 19.7. The molecule has 0 saturated heterocycles. The van der Waals surface area contributed by atoms with Crippen LogP contribution in [0.15, 0.2) is 135 Å². The molecule has 149 heavy (non-hydrogen) atoms. The summed E-state index contributed by atoms with van der Waals surface area (Å²) in [6.45, 7) is -12.1. The molecule has 5 N–H and O–H groups in total. The third-order valence-electron chi connectivity index (χ3n) is 14.0. The summed E-state index contributed by atoms with van der Waals surface area (Å²) in [5.74, 6) is -6.61. The van der Waals surface area contributed by atoms with Gasteiger partial charge in [-0.05, 0) is 59.7 Å². The van der Waals surface area contributed by atoms with Crippen LogP contribution in [0.4, 0.5) is 136 Å². The lowest BCUT2D eigenvalue weighted by Crippen LogP contribution is -2.19. The molecule has 0 atom stereocenters. The van der Waals surface area contributed by atoms with E-state index >= 15 is 0 Å². The number of aromatic nitrogens is 14.